The number of carbonyl (C=O) groups excluding carboxylic acids is 1. The normalized spacial score (nSPS) is 13.0. The number of anilines is 1. The third-order valence-corrected chi connectivity index (χ3v) is 5.55. The summed E-state index contributed by atoms with van der Waals surface area (Å²) in [7, 11) is 0. The maximum atomic E-state index is 12.4. The van der Waals surface area contributed by atoms with Crippen molar-refractivity contribution in [2.45, 2.75) is 25.2 Å². The Labute approximate surface area is 171 Å². The van der Waals surface area contributed by atoms with E-state index in [0.717, 1.165) is 41.5 Å². The molecule has 0 saturated carbocycles. The van der Waals surface area contributed by atoms with Gasteiger partial charge in [-0.05, 0) is 50.1 Å². The Balaban J connectivity index is 1.51. The van der Waals surface area contributed by atoms with Crippen molar-refractivity contribution < 1.29 is 14.3 Å². The van der Waals surface area contributed by atoms with Gasteiger partial charge in [0.25, 0.3) is 0 Å². The summed E-state index contributed by atoms with van der Waals surface area (Å²) in [6, 6.07) is 14.2. The molecule has 1 aliphatic rings. The largest absolute Gasteiger partial charge is 0.490 e. The molecule has 0 atom stereocenters. The molecule has 1 amide bonds. The van der Waals surface area contributed by atoms with E-state index in [4.69, 9.17) is 9.47 Å². The number of amides is 1. The van der Waals surface area contributed by atoms with Crippen LogP contribution in [-0.4, -0.2) is 44.5 Å². The number of benzene rings is 2. The van der Waals surface area contributed by atoms with Gasteiger partial charge in [-0.3, -0.25) is 4.79 Å². The average molecular weight is 401 g/mol. The highest BCUT2D eigenvalue weighted by Gasteiger charge is 2.18. The Morgan fingerprint density at radius 1 is 1.11 bits per heavy atom. The number of carbonyl (C=O) groups is 1. The van der Waals surface area contributed by atoms with Crippen molar-refractivity contribution in [3.63, 3.8) is 0 Å². The number of hydrogen-bond donors (Lipinski definition) is 1. The van der Waals surface area contributed by atoms with Gasteiger partial charge >= 0.3 is 0 Å². The van der Waals surface area contributed by atoms with Gasteiger partial charge in [-0.2, -0.15) is 0 Å². The lowest BCUT2D eigenvalue weighted by molar-refractivity contribution is -0.119. The van der Waals surface area contributed by atoms with Crippen molar-refractivity contribution in [1.82, 2.24) is 5.32 Å². The number of thioether (sulfide) groups is 1. The van der Waals surface area contributed by atoms with Gasteiger partial charge in [0.2, 0.25) is 5.91 Å². The van der Waals surface area contributed by atoms with E-state index in [2.05, 4.69) is 22.3 Å². The van der Waals surface area contributed by atoms with Crippen LogP contribution in [-0.2, 0) is 11.2 Å². The second-order valence-corrected chi connectivity index (χ2v) is 7.62. The van der Waals surface area contributed by atoms with Gasteiger partial charge in [0.1, 0.15) is 0 Å². The van der Waals surface area contributed by atoms with E-state index >= 15 is 0 Å². The molecule has 0 bridgehead atoms. The molecule has 150 valence electrons. The summed E-state index contributed by atoms with van der Waals surface area (Å²) in [5.41, 5.74) is 2.27. The van der Waals surface area contributed by atoms with Crippen molar-refractivity contribution in [3.8, 4) is 11.5 Å². The summed E-state index contributed by atoms with van der Waals surface area (Å²) in [5, 5.41) is 3.04. The van der Waals surface area contributed by atoms with Crippen LogP contribution in [0.15, 0.2) is 47.4 Å². The topological polar surface area (TPSA) is 50.8 Å². The minimum absolute atomic E-state index is 0.0534. The van der Waals surface area contributed by atoms with Crippen LogP contribution in [0, 0.1) is 0 Å². The molecule has 0 aromatic heterocycles. The zero-order chi connectivity index (χ0) is 19.8. The summed E-state index contributed by atoms with van der Waals surface area (Å²) in [5.74, 6) is 2.59. The second kappa shape index (κ2) is 10.3. The molecule has 0 aliphatic carbocycles. The van der Waals surface area contributed by atoms with E-state index in [9.17, 15) is 4.79 Å². The maximum absolute atomic E-state index is 12.4. The number of nitrogens with zero attached hydrogens (tertiary/aromatic N) is 1. The molecule has 2 aromatic rings. The first kappa shape index (κ1) is 20.4. The zero-order valence-electron chi connectivity index (χ0n) is 16.6. The second-order valence-electron chi connectivity index (χ2n) is 6.48. The highest BCUT2D eigenvalue weighted by atomic mass is 32.2. The summed E-state index contributed by atoms with van der Waals surface area (Å²) < 4.78 is 11.3. The van der Waals surface area contributed by atoms with Crippen molar-refractivity contribution >= 4 is 23.4 Å². The third kappa shape index (κ3) is 5.35. The van der Waals surface area contributed by atoms with E-state index in [-0.39, 0.29) is 5.91 Å². The van der Waals surface area contributed by atoms with E-state index in [0.29, 0.717) is 26.3 Å². The molecule has 0 spiro atoms. The quantitative estimate of drug-likeness (QED) is 0.695. The number of nitrogens with one attached hydrogen (secondary N) is 1. The lowest BCUT2D eigenvalue weighted by Crippen LogP contribution is -2.40. The molecule has 0 fully saturated rings. The van der Waals surface area contributed by atoms with Crippen LogP contribution < -0.4 is 19.7 Å². The SMILES string of the molecule is CCOc1ccc(CCNC(=O)CN2CCSc3ccccc32)cc1OCC. The van der Waals surface area contributed by atoms with Gasteiger partial charge in [0, 0.05) is 23.7 Å². The molecule has 2 aromatic carbocycles. The van der Waals surface area contributed by atoms with E-state index in [1.807, 2.05) is 55.9 Å². The van der Waals surface area contributed by atoms with Crippen LogP contribution in [0.1, 0.15) is 19.4 Å². The van der Waals surface area contributed by atoms with E-state index in [1.54, 1.807) is 0 Å². The first-order valence-electron chi connectivity index (χ1n) is 9.83. The van der Waals surface area contributed by atoms with Crippen molar-refractivity contribution in [3.05, 3.63) is 48.0 Å². The Bertz CT molecular complexity index is 797. The molecular weight excluding hydrogens is 372 g/mol. The van der Waals surface area contributed by atoms with Crippen molar-refractivity contribution in [1.29, 1.82) is 0 Å². The van der Waals surface area contributed by atoms with E-state index < -0.39 is 0 Å². The number of fused-ring (bicyclic) bond motifs is 1. The van der Waals surface area contributed by atoms with Crippen LogP contribution >= 0.6 is 11.8 Å². The Hall–Kier alpha value is -2.34. The molecule has 3 rings (SSSR count). The molecule has 0 unspecified atom stereocenters. The third-order valence-electron chi connectivity index (χ3n) is 4.50. The van der Waals surface area contributed by atoms with Crippen molar-refractivity contribution in [2.75, 3.05) is 43.5 Å². The summed E-state index contributed by atoms with van der Waals surface area (Å²) in [6.07, 6.45) is 0.755. The van der Waals surface area contributed by atoms with Gasteiger partial charge in [-0.15, -0.1) is 11.8 Å². The molecule has 5 nitrogen and oxygen atoms in total. The predicted molar refractivity (Wildman–Crippen MR) is 115 cm³/mol. The predicted octanol–water partition coefficient (Wildman–Crippen LogP) is 3.76. The molecule has 1 N–H and O–H groups in total. The van der Waals surface area contributed by atoms with Gasteiger partial charge in [0.05, 0.1) is 25.4 Å². The zero-order valence-corrected chi connectivity index (χ0v) is 17.4. The fraction of sp³-hybridized carbons (Fsp3) is 0.409. The minimum atomic E-state index is 0.0534. The molecule has 1 aliphatic heterocycles. The smallest absolute Gasteiger partial charge is 0.239 e. The minimum Gasteiger partial charge on any atom is -0.490 e. The average Bonchev–Trinajstić information content (AvgIpc) is 2.70. The van der Waals surface area contributed by atoms with Gasteiger partial charge in [0.15, 0.2) is 11.5 Å². The Kier molecular flexibility index (Phi) is 7.48. The lowest BCUT2D eigenvalue weighted by Gasteiger charge is -2.30. The summed E-state index contributed by atoms with van der Waals surface area (Å²) in [6.45, 7) is 7.00. The highest BCUT2D eigenvalue weighted by Crippen LogP contribution is 2.34. The van der Waals surface area contributed by atoms with Crippen LogP contribution in [0.25, 0.3) is 0 Å². The number of rotatable bonds is 9. The fourth-order valence-electron chi connectivity index (χ4n) is 3.22. The van der Waals surface area contributed by atoms with Crippen LogP contribution in [0.3, 0.4) is 0 Å². The first-order chi connectivity index (χ1) is 13.7. The van der Waals surface area contributed by atoms with Crippen LogP contribution in [0.4, 0.5) is 5.69 Å². The first-order valence-corrected chi connectivity index (χ1v) is 10.8. The molecule has 1 heterocycles. The molecule has 0 radical (unpaired) electrons. The van der Waals surface area contributed by atoms with Crippen LogP contribution in [0.2, 0.25) is 0 Å². The monoisotopic (exact) mass is 400 g/mol. The van der Waals surface area contributed by atoms with Gasteiger partial charge in [-0.1, -0.05) is 18.2 Å². The Morgan fingerprint density at radius 3 is 2.71 bits per heavy atom. The molecule has 28 heavy (non-hydrogen) atoms. The Morgan fingerprint density at radius 2 is 1.89 bits per heavy atom. The van der Waals surface area contributed by atoms with Gasteiger partial charge in [-0.25, -0.2) is 0 Å². The highest BCUT2D eigenvalue weighted by molar-refractivity contribution is 7.99. The molecular formula is C22H28N2O3S. The molecule has 0 saturated heterocycles. The lowest BCUT2D eigenvalue weighted by atomic mass is 10.1. The number of ether oxygens (including phenoxy) is 2. The standard InChI is InChI=1S/C22H28N2O3S/c1-3-26-19-10-9-17(15-20(19)27-4-2)11-12-23-22(25)16-24-13-14-28-21-8-6-5-7-18(21)24/h5-10,15H,3-4,11-14,16H2,1-2H3,(H,23,25). The van der Waals surface area contributed by atoms with Crippen molar-refractivity contribution in [2.24, 2.45) is 0 Å². The van der Waals surface area contributed by atoms with Gasteiger partial charge < -0.3 is 19.7 Å². The fourth-order valence-corrected chi connectivity index (χ4v) is 4.27. The summed E-state index contributed by atoms with van der Waals surface area (Å²) >= 11 is 1.85. The maximum Gasteiger partial charge on any atom is 0.239 e. The van der Waals surface area contributed by atoms with E-state index in [1.165, 1.54) is 4.90 Å². The molecule has 6 heteroatoms. The number of para-hydroxylation sites is 1. The van der Waals surface area contributed by atoms with Crippen LogP contribution in [0.5, 0.6) is 11.5 Å². The number of hydrogen-bond acceptors (Lipinski definition) is 5. The summed E-state index contributed by atoms with van der Waals surface area (Å²) in [4.78, 5) is 15.8.